The molecule has 8 heteroatoms. The van der Waals surface area contributed by atoms with Crippen molar-refractivity contribution in [2.45, 2.75) is 6.92 Å². The third kappa shape index (κ3) is 6.16. The lowest BCUT2D eigenvalue weighted by Crippen LogP contribution is -2.20. The molecule has 8 nitrogen and oxygen atoms in total. The smallest absolute Gasteiger partial charge is 0.331 e. The van der Waals surface area contributed by atoms with E-state index in [1.54, 1.807) is 24.3 Å². The first-order valence-corrected chi connectivity index (χ1v) is 9.18. The molecule has 0 spiro atoms. The molecule has 2 aromatic carbocycles. The summed E-state index contributed by atoms with van der Waals surface area (Å²) in [4.78, 5) is 24.1. The molecule has 0 aliphatic carbocycles. The van der Waals surface area contributed by atoms with E-state index >= 15 is 0 Å². The van der Waals surface area contributed by atoms with Crippen LogP contribution in [0.2, 0.25) is 0 Å². The Kier molecular flexibility index (Phi) is 8.56. The molecule has 1 N–H and O–H groups in total. The lowest BCUT2D eigenvalue weighted by atomic mass is 10.2. The quantitative estimate of drug-likeness (QED) is 0.470. The first kappa shape index (κ1) is 22.6. The standard InChI is InChI=1S/C22H25NO7/c1-5-29-17-9-7-6-8-15(17)10-11-21(25)30-14-20(24)23-16-12-18(26-2)22(28-4)19(13-16)27-3/h6-13H,5,14H2,1-4H3,(H,23,24)/b11-10+. The highest BCUT2D eigenvalue weighted by molar-refractivity contribution is 5.95. The maximum atomic E-state index is 12.1. The molecule has 0 aliphatic heterocycles. The normalized spacial score (nSPS) is 10.4. The molecule has 30 heavy (non-hydrogen) atoms. The summed E-state index contributed by atoms with van der Waals surface area (Å²) >= 11 is 0. The van der Waals surface area contributed by atoms with Crippen LogP contribution in [0.15, 0.2) is 42.5 Å². The van der Waals surface area contributed by atoms with Crippen molar-refractivity contribution in [3.63, 3.8) is 0 Å². The number of rotatable bonds is 10. The molecule has 0 radical (unpaired) electrons. The van der Waals surface area contributed by atoms with Gasteiger partial charge in [-0.2, -0.15) is 0 Å². The second-order valence-electron chi connectivity index (χ2n) is 5.87. The van der Waals surface area contributed by atoms with E-state index in [1.165, 1.54) is 27.4 Å². The number of para-hydroxylation sites is 1. The van der Waals surface area contributed by atoms with Crippen molar-refractivity contribution in [3.8, 4) is 23.0 Å². The van der Waals surface area contributed by atoms with Gasteiger partial charge in [-0.25, -0.2) is 4.79 Å². The van der Waals surface area contributed by atoms with E-state index in [-0.39, 0.29) is 0 Å². The van der Waals surface area contributed by atoms with Crippen molar-refractivity contribution in [3.05, 3.63) is 48.0 Å². The van der Waals surface area contributed by atoms with Gasteiger partial charge < -0.3 is 29.0 Å². The zero-order valence-electron chi connectivity index (χ0n) is 17.4. The van der Waals surface area contributed by atoms with Crippen molar-refractivity contribution in [2.75, 3.05) is 39.9 Å². The van der Waals surface area contributed by atoms with Crippen LogP contribution in [0.1, 0.15) is 12.5 Å². The second-order valence-corrected chi connectivity index (χ2v) is 5.87. The summed E-state index contributed by atoms with van der Waals surface area (Å²) in [5.41, 5.74) is 1.14. The van der Waals surface area contributed by atoms with Gasteiger partial charge in [-0.15, -0.1) is 0 Å². The fraction of sp³-hybridized carbons (Fsp3) is 0.273. The summed E-state index contributed by atoms with van der Waals surface area (Å²) in [6, 6.07) is 10.4. The molecule has 1 amide bonds. The van der Waals surface area contributed by atoms with Gasteiger partial charge in [-0.3, -0.25) is 4.79 Å². The Morgan fingerprint density at radius 2 is 1.63 bits per heavy atom. The van der Waals surface area contributed by atoms with Gasteiger partial charge in [-0.05, 0) is 19.1 Å². The summed E-state index contributed by atoms with van der Waals surface area (Å²) in [6.45, 7) is 1.94. The molecular weight excluding hydrogens is 390 g/mol. The van der Waals surface area contributed by atoms with Crippen LogP contribution in [-0.4, -0.2) is 46.4 Å². The Bertz CT molecular complexity index is 883. The Labute approximate surface area is 175 Å². The molecule has 2 aromatic rings. The highest BCUT2D eigenvalue weighted by Crippen LogP contribution is 2.39. The molecule has 0 bridgehead atoms. The fourth-order valence-corrected chi connectivity index (χ4v) is 2.60. The Morgan fingerprint density at radius 3 is 2.23 bits per heavy atom. The van der Waals surface area contributed by atoms with Gasteiger partial charge in [0.1, 0.15) is 5.75 Å². The highest BCUT2D eigenvalue weighted by Gasteiger charge is 2.15. The number of esters is 1. The van der Waals surface area contributed by atoms with Crippen molar-refractivity contribution in [1.29, 1.82) is 0 Å². The third-order valence-corrected chi connectivity index (χ3v) is 3.91. The summed E-state index contributed by atoms with van der Waals surface area (Å²) in [7, 11) is 4.43. The molecule has 0 aromatic heterocycles. The molecule has 0 atom stereocenters. The van der Waals surface area contributed by atoms with Crippen LogP contribution < -0.4 is 24.3 Å². The van der Waals surface area contributed by atoms with Crippen LogP contribution in [0.25, 0.3) is 6.08 Å². The second kappa shape index (κ2) is 11.4. The lowest BCUT2D eigenvalue weighted by Gasteiger charge is -2.14. The molecule has 2 rings (SSSR count). The van der Waals surface area contributed by atoms with Crippen LogP contribution in [0, 0.1) is 0 Å². The Balaban J connectivity index is 1.95. The van der Waals surface area contributed by atoms with Crippen molar-refractivity contribution < 1.29 is 33.3 Å². The first-order valence-electron chi connectivity index (χ1n) is 9.18. The molecule has 0 saturated carbocycles. The maximum absolute atomic E-state index is 12.1. The minimum absolute atomic E-state index is 0.389. The number of carbonyl (C=O) groups excluding carboxylic acids is 2. The molecule has 0 unspecified atom stereocenters. The van der Waals surface area contributed by atoms with E-state index in [2.05, 4.69) is 5.32 Å². The summed E-state index contributed by atoms with van der Waals surface area (Å²) in [5.74, 6) is 0.674. The van der Waals surface area contributed by atoms with Crippen LogP contribution in [0.3, 0.4) is 0 Å². The molecule has 160 valence electrons. The SMILES string of the molecule is CCOc1ccccc1/C=C/C(=O)OCC(=O)Nc1cc(OC)c(OC)c(OC)c1. The predicted octanol–water partition coefficient (Wildman–Crippen LogP) is 3.31. The maximum Gasteiger partial charge on any atom is 0.331 e. The summed E-state index contributed by atoms with van der Waals surface area (Å²) in [6.07, 6.45) is 2.81. The minimum atomic E-state index is -0.652. The van der Waals surface area contributed by atoms with E-state index in [4.69, 9.17) is 23.7 Å². The van der Waals surface area contributed by atoms with Crippen LogP contribution in [0.5, 0.6) is 23.0 Å². The van der Waals surface area contributed by atoms with Crippen LogP contribution >= 0.6 is 0 Å². The number of amides is 1. The van der Waals surface area contributed by atoms with E-state index < -0.39 is 18.5 Å². The monoisotopic (exact) mass is 415 g/mol. The van der Waals surface area contributed by atoms with E-state index in [0.717, 1.165) is 5.56 Å². The zero-order chi connectivity index (χ0) is 21.9. The summed E-state index contributed by atoms with van der Waals surface area (Å²) < 4.78 is 26.2. The molecular formula is C22H25NO7. The number of anilines is 1. The number of hydrogen-bond donors (Lipinski definition) is 1. The van der Waals surface area contributed by atoms with Gasteiger partial charge >= 0.3 is 5.97 Å². The number of carbonyl (C=O) groups is 2. The van der Waals surface area contributed by atoms with Crippen LogP contribution in [-0.2, 0) is 14.3 Å². The van der Waals surface area contributed by atoms with Gasteiger partial charge in [0.25, 0.3) is 5.91 Å². The average Bonchev–Trinajstić information content (AvgIpc) is 2.76. The predicted molar refractivity (Wildman–Crippen MR) is 112 cm³/mol. The zero-order valence-corrected chi connectivity index (χ0v) is 17.4. The summed E-state index contributed by atoms with van der Waals surface area (Å²) in [5, 5.41) is 2.62. The number of nitrogens with one attached hydrogen (secondary N) is 1. The lowest BCUT2D eigenvalue weighted by molar-refractivity contribution is -0.142. The topological polar surface area (TPSA) is 92.3 Å². The number of benzene rings is 2. The fourth-order valence-electron chi connectivity index (χ4n) is 2.60. The molecule has 0 fully saturated rings. The van der Waals surface area contributed by atoms with E-state index in [1.807, 2.05) is 25.1 Å². The first-order chi connectivity index (χ1) is 14.5. The Hall–Kier alpha value is -3.68. The number of hydrogen-bond acceptors (Lipinski definition) is 7. The van der Waals surface area contributed by atoms with Crippen molar-refractivity contribution in [1.82, 2.24) is 0 Å². The van der Waals surface area contributed by atoms with Crippen molar-refractivity contribution in [2.24, 2.45) is 0 Å². The average molecular weight is 415 g/mol. The van der Waals surface area contributed by atoms with E-state index in [0.29, 0.717) is 35.3 Å². The largest absolute Gasteiger partial charge is 0.493 e. The minimum Gasteiger partial charge on any atom is -0.493 e. The molecule has 0 aliphatic rings. The van der Waals surface area contributed by atoms with Crippen molar-refractivity contribution >= 4 is 23.6 Å². The third-order valence-electron chi connectivity index (χ3n) is 3.91. The number of ether oxygens (including phenoxy) is 5. The van der Waals surface area contributed by atoms with Gasteiger partial charge in [-0.1, -0.05) is 18.2 Å². The van der Waals surface area contributed by atoms with Gasteiger partial charge in [0, 0.05) is 29.5 Å². The van der Waals surface area contributed by atoms with Gasteiger partial charge in [0.05, 0.1) is 27.9 Å². The molecule has 0 heterocycles. The van der Waals surface area contributed by atoms with Crippen LogP contribution in [0.4, 0.5) is 5.69 Å². The van der Waals surface area contributed by atoms with Gasteiger partial charge in [0.15, 0.2) is 18.1 Å². The Morgan fingerprint density at radius 1 is 0.967 bits per heavy atom. The van der Waals surface area contributed by atoms with Gasteiger partial charge in [0.2, 0.25) is 5.75 Å². The highest BCUT2D eigenvalue weighted by atomic mass is 16.5. The molecule has 0 saturated heterocycles. The van der Waals surface area contributed by atoms with E-state index in [9.17, 15) is 9.59 Å². The number of methoxy groups -OCH3 is 3.